The van der Waals surface area contributed by atoms with Crippen LogP contribution in [0.2, 0.25) is 0 Å². The number of carbonyl (C=O) groups excluding carboxylic acids is 2. The number of hydrogen-bond donors (Lipinski definition) is 4. The van der Waals surface area contributed by atoms with Gasteiger partial charge < -0.3 is 15.1 Å². The molecule has 0 aromatic heterocycles. The molecule has 0 unspecified atom stereocenters. The van der Waals surface area contributed by atoms with Crippen molar-refractivity contribution in [3.63, 3.8) is 0 Å². The first-order valence-electron chi connectivity index (χ1n) is 5.98. The van der Waals surface area contributed by atoms with Gasteiger partial charge >= 0.3 is 6.16 Å². The second-order valence-corrected chi connectivity index (χ2v) is 4.35. The SMILES string of the molecule is CN(CC(=O)NO)C(=O)C1CCCCC1.O=C(O)O. The highest BCUT2D eigenvalue weighted by atomic mass is 16.6. The van der Waals surface area contributed by atoms with Gasteiger partial charge in [-0.3, -0.25) is 14.8 Å². The van der Waals surface area contributed by atoms with E-state index in [2.05, 4.69) is 0 Å². The van der Waals surface area contributed by atoms with Crippen LogP contribution in [0.3, 0.4) is 0 Å². The van der Waals surface area contributed by atoms with Gasteiger partial charge in [-0.25, -0.2) is 10.3 Å². The van der Waals surface area contributed by atoms with Crippen LogP contribution in [-0.4, -0.2) is 51.9 Å². The molecule has 0 aliphatic heterocycles. The Balaban J connectivity index is 0.000000711. The molecule has 1 saturated carbocycles. The maximum atomic E-state index is 11.8. The van der Waals surface area contributed by atoms with Crippen molar-refractivity contribution >= 4 is 18.0 Å². The molecule has 4 N–H and O–H groups in total. The molecule has 0 atom stereocenters. The average Bonchev–Trinajstić information content (AvgIpc) is 2.38. The second-order valence-electron chi connectivity index (χ2n) is 4.35. The highest BCUT2D eigenvalue weighted by Crippen LogP contribution is 2.24. The standard InChI is InChI=1S/C10H18N2O3.CH2O3/c1-12(7-9(13)11-15)10(14)8-5-3-2-4-6-8;2-1(3)4/h8,15H,2-7H2,1H3,(H,11,13);(H2,2,3,4). The number of rotatable bonds is 3. The summed E-state index contributed by atoms with van der Waals surface area (Å²) in [5, 5.41) is 22.3. The zero-order chi connectivity index (χ0) is 14.8. The van der Waals surface area contributed by atoms with Crippen LogP contribution < -0.4 is 5.48 Å². The van der Waals surface area contributed by atoms with Gasteiger partial charge in [0.15, 0.2) is 0 Å². The van der Waals surface area contributed by atoms with E-state index in [1.165, 1.54) is 16.8 Å². The minimum absolute atomic E-state index is 0.0123. The van der Waals surface area contributed by atoms with Crippen molar-refractivity contribution in [3.05, 3.63) is 0 Å². The topological polar surface area (TPSA) is 127 Å². The summed E-state index contributed by atoms with van der Waals surface area (Å²) < 4.78 is 0. The molecule has 0 radical (unpaired) electrons. The van der Waals surface area contributed by atoms with Gasteiger partial charge in [-0.05, 0) is 12.8 Å². The minimum Gasteiger partial charge on any atom is -0.450 e. The molecule has 1 rings (SSSR count). The smallest absolute Gasteiger partial charge is 0.450 e. The Morgan fingerprint density at radius 3 is 2.05 bits per heavy atom. The molecule has 8 heteroatoms. The van der Waals surface area contributed by atoms with E-state index in [1.54, 1.807) is 7.05 Å². The molecule has 1 fully saturated rings. The molecule has 0 aromatic carbocycles. The molecule has 8 nitrogen and oxygen atoms in total. The van der Waals surface area contributed by atoms with E-state index in [0.29, 0.717) is 0 Å². The van der Waals surface area contributed by atoms with Gasteiger partial charge in [-0.1, -0.05) is 19.3 Å². The number of amides is 2. The highest BCUT2D eigenvalue weighted by molar-refractivity contribution is 5.85. The molecule has 19 heavy (non-hydrogen) atoms. The van der Waals surface area contributed by atoms with Gasteiger partial charge in [0.2, 0.25) is 5.91 Å². The lowest BCUT2D eigenvalue weighted by Gasteiger charge is -2.25. The lowest BCUT2D eigenvalue weighted by Crippen LogP contribution is -2.40. The summed E-state index contributed by atoms with van der Waals surface area (Å²) in [5.41, 5.74) is 1.52. The lowest BCUT2D eigenvalue weighted by atomic mass is 9.88. The predicted octanol–water partition coefficient (Wildman–Crippen LogP) is 0.753. The van der Waals surface area contributed by atoms with Crippen LogP contribution in [-0.2, 0) is 9.59 Å². The average molecular weight is 276 g/mol. The van der Waals surface area contributed by atoms with Gasteiger partial charge in [0.05, 0.1) is 0 Å². The van der Waals surface area contributed by atoms with E-state index in [9.17, 15) is 9.59 Å². The van der Waals surface area contributed by atoms with Crippen LogP contribution in [0.15, 0.2) is 0 Å². The summed E-state index contributed by atoms with van der Waals surface area (Å²) in [6.07, 6.45) is 3.39. The van der Waals surface area contributed by atoms with Crippen molar-refractivity contribution in [2.75, 3.05) is 13.6 Å². The van der Waals surface area contributed by atoms with E-state index < -0.39 is 12.1 Å². The molecule has 0 heterocycles. The third kappa shape index (κ3) is 7.98. The lowest BCUT2D eigenvalue weighted by molar-refractivity contribution is -0.141. The zero-order valence-corrected chi connectivity index (χ0v) is 10.8. The second kappa shape index (κ2) is 9.15. The molecular weight excluding hydrogens is 256 g/mol. The monoisotopic (exact) mass is 276 g/mol. The summed E-state index contributed by atoms with van der Waals surface area (Å²) in [6.45, 7) is -0.0775. The number of nitrogens with one attached hydrogen (secondary N) is 1. The van der Waals surface area contributed by atoms with E-state index in [0.717, 1.165) is 25.7 Å². The van der Waals surface area contributed by atoms with E-state index >= 15 is 0 Å². The maximum absolute atomic E-state index is 11.8. The quantitative estimate of drug-likeness (QED) is 0.445. The molecule has 1 aliphatic rings. The van der Waals surface area contributed by atoms with Crippen molar-refractivity contribution in [1.82, 2.24) is 10.4 Å². The Morgan fingerprint density at radius 2 is 1.63 bits per heavy atom. The van der Waals surface area contributed by atoms with Crippen molar-refractivity contribution in [3.8, 4) is 0 Å². The van der Waals surface area contributed by atoms with Gasteiger partial charge in [-0.2, -0.15) is 0 Å². The molecule has 1 aliphatic carbocycles. The van der Waals surface area contributed by atoms with Gasteiger partial charge in [0.1, 0.15) is 6.54 Å². The Morgan fingerprint density at radius 1 is 1.16 bits per heavy atom. The van der Waals surface area contributed by atoms with Crippen LogP contribution >= 0.6 is 0 Å². The normalized spacial score (nSPS) is 14.8. The minimum atomic E-state index is -1.83. The summed E-state index contributed by atoms with van der Waals surface area (Å²) >= 11 is 0. The fourth-order valence-electron chi connectivity index (χ4n) is 1.99. The number of carboxylic acid groups (broad SMARTS) is 2. The Labute approximate surface area is 111 Å². The number of nitrogens with zero attached hydrogens (tertiary/aromatic N) is 1. The number of hydrogen-bond acceptors (Lipinski definition) is 4. The van der Waals surface area contributed by atoms with Gasteiger partial charge in [0, 0.05) is 13.0 Å². The van der Waals surface area contributed by atoms with Crippen molar-refractivity contribution < 1.29 is 29.8 Å². The molecule has 0 saturated heterocycles. The Hall–Kier alpha value is -1.83. The van der Waals surface area contributed by atoms with E-state index in [4.69, 9.17) is 20.2 Å². The van der Waals surface area contributed by atoms with Crippen LogP contribution in [0.25, 0.3) is 0 Å². The van der Waals surface area contributed by atoms with E-state index in [-0.39, 0.29) is 18.4 Å². The Kier molecular flexibility index (Phi) is 8.27. The van der Waals surface area contributed by atoms with Crippen molar-refractivity contribution in [1.29, 1.82) is 0 Å². The first kappa shape index (κ1) is 17.2. The third-order valence-corrected chi connectivity index (χ3v) is 2.84. The Bertz CT molecular complexity index is 310. The molecule has 0 bridgehead atoms. The van der Waals surface area contributed by atoms with Crippen molar-refractivity contribution in [2.24, 2.45) is 5.92 Å². The first-order valence-corrected chi connectivity index (χ1v) is 5.98. The fourth-order valence-corrected chi connectivity index (χ4v) is 1.99. The van der Waals surface area contributed by atoms with Crippen LogP contribution in [0.5, 0.6) is 0 Å². The van der Waals surface area contributed by atoms with Crippen LogP contribution in [0.1, 0.15) is 32.1 Å². The van der Waals surface area contributed by atoms with Gasteiger partial charge in [0.25, 0.3) is 5.91 Å². The maximum Gasteiger partial charge on any atom is 0.503 e. The summed E-state index contributed by atoms with van der Waals surface area (Å²) in [5.74, 6) is -0.477. The summed E-state index contributed by atoms with van der Waals surface area (Å²) in [6, 6.07) is 0. The van der Waals surface area contributed by atoms with E-state index in [1.807, 2.05) is 0 Å². The number of likely N-dealkylation sites (N-methyl/N-ethyl adjacent to an activating group) is 1. The van der Waals surface area contributed by atoms with Crippen molar-refractivity contribution in [2.45, 2.75) is 32.1 Å². The first-order chi connectivity index (χ1) is 8.88. The number of hydroxylamine groups is 1. The highest BCUT2D eigenvalue weighted by Gasteiger charge is 2.24. The third-order valence-electron chi connectivity index (χ3n) is 2.84. The molecular formula is C11H20N2O6. The molecule has 2 amide bonds. The largest absolute Gasteiger partial charge is 0.503 e. The number of carbonyl (C=O) groups is 3. The fraction of sp³-hybridized carbons (Fsp3) is 0.727. The predicted molar refractivity (Wildman–Crippen MR) is 64.8 cm³/mol. The zero-order valence-electron chi connectivity index (χ0n) is 10.8. The van der Waals surface area contributed by atoms with Crippen LogP contribution in [0.4, 0.5) is 4.79 Å². The van der Waals surface area contributed by atoms with Gasteiger partial charge in [-0.15, -0.1) is 0 Å². The molecule has 0 aromatic rings. The summed E-state index contributed by atoms with van der Waals surface area (Å²) in [4.78, 5) is 32.6. The molecule has 110 valence electrons. The van der Waals surface area contributed by atoms with Crippen LogP contribution in [0, 0.1) is 5.92 Å². The summed E-state index contributed by atoms with van der Waals surface area (Å²) in [7, 11) is 1.59. The molecule has 0 spiro atoms.